The fourth-order valence-electron chi connectivity index (χ4n) is 3.08. The Bertz CT molecular complexity index is 764. The van der Waals surface area contributed by atoms with E-state index in [1.807, 2.05) is 52.3 Å². The Morgan fingerprint density at radius 2 is 1.54 bits per heavy atom. The number of benzene rings is 2. The highest BCUT2D eigenvalue weighted by molar-refractivity contribution is 8.00. The topological polar surface area (TPSA) is 40.6 Å². The first-order valence-corrected chi connectivity index (χ1v) is 9.94. The van der Waals surface area contributed by atoms with Crippen LogP contribution in [0.4, 0.5) is 0 Å². The molecule has 1 heterocycles. The highest BCUT2D eigenvalue weighted by Crippen LogP contribution is 2.22. The SMILES string of the molecule is Cc1ccccc1SCC(=O)N1CCCN(C(=O)c2ccccc2)CC1. The van der Waals surface area contributed by atoms with Gasteiger partial charge in [-0.3, -0.25) is 9.59 Å². The van der Waals surface area contributed by atoms with E-state index in [9.17, 15) is 9.59 Å². The molecule has 136 valence electrons. The number of hydrogen-bond donors (Lipinski definition) is 0. The molecule has 3 rings (SSSR count). The van der Waals surface area contributed by atoms with Gasteiger partial charge in [0.25, 0.3) is 5.91 Å². The van der Waals surface area contributed by atoms with Crippen LogP contribution in [0.1, 0.15) is 22.3 Å². The highest BCUT2D eigenvalue weighted by Gasteiger charge is 2.22. The predicted molar refractivity (Wildman–Crippen MR) is 105 cm³/mol. The molecule has 5 heteroatoms. The molecule has 1 aliphatic heterocycles. The molecule has 2 aromatic carbocycles. The van der Waals surface area contributed by atoms with Crippen LogP contribution in [0, 0.1) is 6.92 Å². The summed E-state index contributed by atoms with van der Waals surface area (Å²) in [6, 6.07) is 17.5. The lowest BCUT2D eigenvalue weighted by atomic mass is 10.2. The minimum Gasteiger partial charge on any atom is -0.340 e. The summed E-state index contributed by atoms with van der Waals surface area (Å²) in [5.74, 6) is 0.638. The van der Waals surface area contributed by atoms with Crippen LogP contribution in [0.3, 0.4) is 0 Å². The van der Waals surface area contributed by atoms with E-state index in [1.165, 1.54) is 5.56 Å². The van der Waals surface area contributed by atoms with Gasteiger partial charge in [-0.1, -0.05) is 36.4 Å². The Kier molecular flexibility index (Phi) is 6.34. The number of amides is 2. The Labute approximate surface area is 159 Å². The second-order valence-corrected chi connectivity index (χ2v) is 7.46. The van der Waals surface area contributed by atoms with Gasteiger partial charge in [0.15, 0.2) is 0 Å². The first-order chi connectivity index (χ1) is 12.6. The summed E-state index contributed by atoms with van der Waals surface area (Å²) >= 11 is 1.59. The lowest BCUT2D eigenvalue weighted by Crippen LogP contribution is -2.38. The molecular weight excluding hydrogens is 344 g/mol. The third-order valence-electron chi connectivity index (χ3n) is 4.60. The third-order valence-corrected chi connectivity index (χ3v) is 5.76. The molecule has 0 N–H and O–H groups in total. The van der Waals surface area contributed by atoms with Gasteiger partial charge in [-0.2, -0.15) is 0 Å². The second-order valence-electron chi connectivity index (χ2n) is 6.45. The standard InChI is InChI=1S/C21H24N2O2S/c1-17-8-5-6-11-19(17)26-16-20(24)22-12-7-13-23(15-14-22)21(25)18-9-3-2-4-10-18/h2-6,8-11H,7,12-16H2,1H3. The van der Waals surface area contributed by atoms with Crippen molar-refractivity contribution in [2.45, 2.75) is 18.2 Å². The molecule has 1 fully saturated rings. The third kappa shape index (κ3) is 4.67. The Morgan fingerprint density at radius 1 is 0.885 bits per heavy atom. The van der Waals surface area contributed by atoms with Crippen molar-refractivity contribution in [1.82, 2.24) is 9.80 Å². The van der Waals surface area contributed by atoms with Gasteiger partial charge in [0, 0.05) is 36.6 Å². The van der Waals surface area contributed by atoms with E-state index < -0.39 is 0 Å². The van der Waals surface area contributed by atoms with Gasteiger partial charge in [-0.15, -0.1) is 11.8 Å². The van der Waals surface area contributed by atoms with E-state index in [-0.39, 0.29) is 11.8 Å². The minimum atomic E-state index is 0.0502. The van der Waals surface area contributed by atoms with Crippen LogP contribution in [0.2, 0.25) is 0 Å². The summed E-state index contributed by atoms with van der Waals surface area (Å²) < 4.78 is 0. The summed E-state index contributed by atoms with van der Waals surface area (Å²) in [4.78, 5) is 30.1. The molecule has 0 spiro atoms. The number of thioether (sulfide) groups is 1. The van der Waals surface area contributed by atoms with Crippen molar-refractivity contribution in [3.05, 3.63) is 65.7 Å². The molecule has 0 aliphatic carbocycles. The summed E-state index contributed by atoms with van der Waals surface area (Å²) in [5, 5.41) is 0. The average molecular weight is 369 g/mol. The molecular formula is C21H24N2O2S. The van der Waals surface area contributed by atoms with Gasteiger partial charge in [0.1, 0.15) is 0 Å². The maximum Gasteiger partial charge on any atom is 0.253 e. The quantitative estimate of drug-likeness (QED) is 0.776. The number of hydrogen-bond acceptors (Lipinski definition) is 3. The fourth-order valence-corrected chi connectivity index (χ4v) is 4.01. The van der Waals surface area contributed by atoms with Gasteiger partial charge in [-0.05, 0) is 37.1 Å². The van der Waals surface area contributed by atoms with Gasteiger partial charge in [-0.25, -0.2) is 0 Å². The fraction of sp³-hybridized carbons (Fsp3) is 0.333. The van der Waals surface area contributed by atoms with Crippen molar-refractivity contribution in [2.24, 2.45) is 0 Å². The number of carbonyl (C=O) groups excluding carboxylic acids is 2. The number of nitrogens with zero attached hydrogens (tertiary/aromatic N) is 2. The van der Waals surface area contributed by atoms with Gasteiger partial charge in [0.2, 0.25) is 5.91 Å². The normalized spacial score (nSPS) is 14.8. The molecule has 4 nitrogen and oxygen atoms in total. The number of carbonyl (C=O) groups is 2. The van der Waals surface area contributed by atoms with Crippen molar-refractivity contribution in [3.63, 3.8) is 0 Å². The molecule has 0 atom stereocenters. The van der Waals surface area contributed by atoms with Gasteiger partial charge < -0.3 is 9.80 Å². The number of rotatable bonds is 4. The lowest BCUT2D eigenvalue weighted by Gasteiger charge is -2.22. The predicted octanol–water partition coefficient (Wildman–Crippen LogP) is 3.46. The molecule has 0 bridgehead atoms. The zero-order valence-electron chi connectivity index (χ0n) is 15.1. The monoisotopic (exact) mass is 368 g/mol. The zero-order valence-corrected chi connectivity index (χ0v) is 15.9. The van der Waals surface area contributed by atoms with E-state index in [0.717, 1.165) is 11.3 Å². The van der Waals surface area contributed by atoms with Crippen molar-refractivity contribution < 1.29 is 9.59 Å². The van der Waals surface area contributed by atoms with Crippen LogP contribution in [-0.2, 0) is 4.79 Å². The average Bonchev–Trinajstić information content (AvgIpc) is 2.93. The summed E-state index contributed by atoms with van der Waals surface area (Å²) in [5.41, 5.74) is 1.91. The first kappa shape index (κ1) is 18.5. The molecule has 2 amide bonds. The summed E-state index contributed by atoms with van der Waals surface area (Å²) in [6.07, 6.45) is 0.819. The molecule has 0 unspecified atom stereocenters. The summed E-state index contributed by atoms with van der Waals surface area (Å²) in [6.45, 7) is 4.67. The molecule has 1 aliphatic rings. The molecule has 0 saturated carbocycles. The van der Waals surface area contributed by atoms with Crippen molar-refractivity contribution >= 4 is 23.6 Å². The van der Waals surface area contributed by atoms with E-state index in [1.54, 1.807) is 11.8 Å². The molecule has 2 aromatic rings. The van der Waals surface area contributed by atoms with E-state index in [0.29, 0.717) is 37.5 Å². The Balaban J connectivity index is 1.54. The molecule has 0 radical (unpaired) electrons. The smallest absolute Gasteiger partial charge is 0.253 e. The second kappa shape index (κ2) is 8.90. The maximum absolute atomic E-state index is 12.6. The maximum atomic E-state index is 12.6. The van der Waals surface area contributed by atoms with Gasteiger partial charge in [0.05, 0.1) is 5.75 Å². The Morgan fingerprint density at radius 3 is 2.31 bits per heavy atom. The van der Waals surface area contributed by atoms with E-state index in [4.69, 9.17) is 0 Å². The lowest BCUT2D eigenvalue weighted by molar-refractivity contribution is -0.128. The first-order valence-electron chi connectivity index (χ1n) is 8.95. The van der Waals surface area contributed by atoms with E-state index in [2.05, 4.69) is 19.1 Å². The van der Waals surface area contributed by atoms with Crippen LogP contribution in [0.5, 0.6) is 0 Å². The van der Waals surface area contributed by atoms with Crippen molar-refractivity contribution in [1.29, 1.82) is 0 Å². The molecule has 1 saturated heterocycles. The largest absolute Gasteiger partial charge is 0.340 e. The van der Waals surface area contributed by atoms with Gasteiger partial charge >= 0.3 is 0 Å². The molecule has 0 aromatic heterocycles. The summed E-state index contributed by atoms with van der Waals surface area (Å²) in [7, 11) is 0. The minimum absolute atomic E-state index is 0.0502. The van der Waals surface area contributed by atoms with Crippen LogP contribution in [-0.4, -0.2) is 53.5 Å². The zero-order chi connectivity index (χ0) is 18.4. The van der Waals surface area contributed by atoms with Crippen molar-refractivity contribution in [2.75, 3.05) is 31.9 Å². The van der Waals surface area contributed by atoms with Crippen LogP contribution in [0.15, 0.2) is 59.5 Å². The van der Waals surface area contributed by atoms with Crippen molar-refractivity contribution in [3.8, 4) is 0 Å². The van der Waals surface area contributed by atoms with Crippen LogP contribution in [0.25, 0.3) is 0 Å². The highest BCUT2D eigenvalue weighted by atomic mass is 32.2. The van der Waals surface area contributed by atoms with Crippen LogP contribution < -0.4 is 0 Å². The number of aryl methyl sites for hydroxylation is 1. The Hall–Kier alpha value is -2.27. The van der Waals surface area contributed by atoms with Crippen LogP contribution >= 0.6 is 11.8 Å². The molecule has 26 heavy (non-hydrogen) atoms. The van der Waals surface area contributed by atoms with E-state index >= 15 is 0 Å².